The lowest BCUT2D eigenvalue weighted by atomic mass is 10.0. The third kappa shape index (κ3) is 5.89. The quantitative estimate of drug-likeness (QED) is 0.563. The van der Waals surface area contributed by atoms with Gasteiger partial charge in [-0.3, -0.25) is 0 Å². The van der Waals surface area contributed by atoms with Gasteiger partial charge in [0.1, 0.15) is 0 Å². The molecule has 0 bridgehead atoms. The van der Waals surface area contributed by atoms with Crippen molar-refractivity contribution >= 4 is 0 Å². The molecule has 0 aromatic carbocycles. The van der Waals surface area contributed by atoms with E-state index in [2.05, 4.69) is 19.2 Å². The maximum Gasteiger partial charge on any atom is 0.00702 e. The van der Waals surface area contributed by atoms with Crippen LogP contribution in [0.5, 0.6) is 0 Å². The molecule has 0 radical (unpaired) electrons. The minimum atomic E-state index is 0.848. The van der Waals surface area contributed by atoms with Crippen molar-refractivity contribution in [3.8, 4) is 0 Å². The van der Waals surface area contributed by atoms with Gasteiger partial charge in [-0.25, -0.2) is 0 Å². The Morgan fingerprint density at radius 2 is 1.31 bits per heavy atom. The molecule has 2 atom stereocenters. The Balaban J connectivity index is 1.94. The summed E-state index contributed by atoms with van der Waals surface area (Å²) in [5.41, 5.74) is 0. The molecule has 2 unspecified atom stereocenters. The molecule has 1 nitrogen and oxygen atoms in total. The van der Waals surface area contributed by atoms with Gasteiger partial charge in [0.25, 0.3) is 0 Å². The fraction of sp³-hybridized carbons (Fsp3) is 1.00. The molecule has 0 aromatic heterocycles. The Bertz CT molecular complexity index is 156. The van der Waals surface area contributed by atoms with E-state index in [1.165, 1.54) is 70.6 Å². The molecular formula is C15H31N. The van der Waals surface area contributed by atoms with E-state index in [1.54, 1.807) is 0 Å². The van der Waals surface area contributed by atoms with Gasteiger partial charge in [0, 0.05) is 12.1 Å². The Hall–Kier alpha value is -0.0400. The van der Waals surface area contributed by atoms with E-state index in [-0.39, 0.29) is 0 Å². The normalized spacial score (nSPS) is 25.1. The smallest absolute Gasteiger partial charge is 0.00702 e. The Labute approximate surface area is 102 Å². The summed E-state index contributed by atoms with van der Waals surface area (Å²) in [6.07, 6.45) is 15.6. The molecule has 1 saturated heterocycles. The summed E-state index contributed by atoms with van der Waals surface area (Å²) in [6, 6.07) is 1.70. The molecule has 1 heterocycles. The topological polar surface area (TPSA) is 12.0 Å². The second-order valence-corrected chi connectivity index (χ2v) is 5.48. The average Bonchev–Trinajstić information content (AvgIpc) is 2.74. The molecular weight excluding hydrogens is 194 g/mol. The fourth-order valence-corrected chi connectivity index (χ4v) is 2.80. The highest BCUT2D eigenvalue weighted by Crippen LogP contribution is 2.21. The first-order valence-electron chi connectivity index (χ1n) is 7.62. The summed E-state index contributed by atoms with van der Waals surface area (Å²) in [6.45, 7) is 4.58. The Morgan fingerprint density at radius 3 is 1.94 bits per heavy atom. The van der Waals surface area contributed by atoms with Crippen molar-refractivity contribution in [1.82, 2.24) is 5.32 Å². The molecule has 1 fully saturated rings. The van der Waals surface area contributed by atoms with Crippen LogP contribution in [0.1, 0.15) is 84.5 Å². The van der Waals surface area contributed by atoms with Gasteiger partial charge in [-0.1, -0.05) is 58.8 Å². The standard InChI is InChI=1S/C15H31N/c1-3-5-7-8-9-11-15-13-12-14(16-15)10-6-4-2/h14-16H,3-13H2,1-2H3. The van der Waals surface area contributed by atoms with Gasteiger partial charge >= 0.3 is 0 Å². The molecule has 1 aliphatic heterocycles. The van der Waals surface area contributed by atoms with Crippen molar-refractivity contribution < 1.29 is 0 Å². The summed E-state index contributed by atoms with van der Waals surface area (Å²) >= 11 is 0. The van der Waals surface area contributed by atoms with Crippen LogP contribution in [0.4, 0.5) is 0 Å². The maximum absolute atomic E-state index is 3.82. The highest BCUT2D eigenvalue weighted by Gasteiger charge is 2.22. The van der Waals surface area contributed by atoms with E-state index in [0.29, 0.717) is 0 Å². The zero-order chi connectivity index (χ0) is 11.6. The van der Waals surface area contributed by atoms with Gasteiger partial charge in [-0.15, -0.1) is 0 Å². The fourth-order valence-electron chi connectivity index (χ4n) is 2.80. The summed E-state index contributed by atoms with van der Waals surface area (Å²) in [5.74, 6) is 0. The minimum absolute atomic E-state index is 0.848. The lowest BCUT2D eigenvalue weighted by Gasteiger charge is -2.13. The molecule has 0 aliphatic carbocycles. The van der Waals surface area contributed by atoms with Gasteiger partial charge < -0.3 is 5.32 Å². The highest BCUT2D eigenvalue weighted by molar-refractivity contribution is 4.83. The zero-order valence-corrected chi connectivity index (χ0v) is 11.4. The first-order chi connectivity index (χ1) is 7.86. The van der Waals surface area contributed by atoms with Crippen LogP contribution in [0.15, 0.2) is 0 Å². The van der Waals surface area contributed by atoms with Gasteiger partial charge in [-0.05, 0) is 25.7 Å². The molecule has 1 heteroatoms. The average molecular weight is 225 g/mol. The maximum atomic E-state index is 3.82. The van der Waals surface area contributed by atoms with Crippen LogP contribution in [-0.2, 0) is 0 Å². The van der Waals surface area contributed by atoms with Crippen molar-refractivity contribution in [2.75, 3.05) is 0 Å². The van der Waals surface area contributed by atoms with E-state index in [9.17, 15) is 0 Å². The van der Waals surface area contributed by atoms with Crippen LogP contribution in [0, 0.1) is 0 Å². The van der Waals surface area contributed by atoms with Gasteiger partial charge in [0.2, 0.25) is 0 Å². The second-order valence-electron chi connectivity index (χ2n) is 5.48. The minimum Gasteiger partial charge on any atom is -0.311 e. The summed E-state index contributed by atoms with van der Waals surface area (Å²) in [4.78, 5) is 0. The summed E-state index contributed by atoms with van der Waals surface area (Å²) < 4.78 is 0. The predicted octanol–water partition coefficient (Wildman–Crippen LogP) is 4.66. The monoisotopic (exact) mass is 225 g/mol. The van der Waals surface area contributed by atoms with Crippen LogP contribution in [0.25, 0.3) is 0 Å². The van der Waals surface area contributed by atoms with Crippen molar-refractivity contribution in [2.45, 2.75) is 96.6 Å². The van der Waals surface area contributed by atoms with Crippen LogP contribution < -0.4 is 5.32 Å². The van der Waals surface area contributed by atoms with Crippen molar-refractivity contribution in [3.05, 3.63) is 0 Å². The number of hydrogen-bond acceptors (Lipinski definition) is 1. The van der Waals surface area contributed by atoms with E-state index < -0.39 is 0 Å². The number of hydrogen-bond donors (Lipinski definition) is 1. The molecule has 1 rings (SSSR count). The second kappa shape index (κ2) is 9.04. The molecule has 96 valence electrons. The SMILES string of the molecule is CCCCCCCC1CCC(CCCC)N1. The van der Waals surface area contributed by atoms with Crippen LogP contribution in [0.3, 0.4) is 0 Å². The van der Waals surface area contributed by atoms with Crippen LogP contribution in [0.2, 0.25) is 0 Å². The van der Waals surface area contributed by atoms with Crippen molar-refractivity contribution in [2.24, 2.45) is 0 Å². The highest BCUT2D eigenvalue weighted by atomic mass is 15.0. The molecule has 0 amide bonds. The van der Waals surface area contributed by atoms with Gasteiger partial charge in [-0.2, -0.15) is 0 Å². The molecule has 16 heavy (non-hydrogen) atoms. The first kappa shape index (κ1) is 14.0. The molecule has 0 spiro atoms. The molecule has 1 aliphatic rings. The summed E-state index contributed by atoms with van der Waals surface area (Å²) in [7, 11) is 0. The molecule has 1 N–H and O–H groups in total. The van der Waals surface area contributed by atoms with E-state index in [0.717, 1.165) is 12.1 Å². The van der Waals surface area contributed by atoms with Crippen LogP contribution >= 0.6 is 0 Å². The Kier molecular flexibility index (Phi) is 7.92. The Morgan fingerprint density at radius 1 is 0.750 bits per heavy atom. The predicted molar refractivity (Wildman–Crippen MR) is 72.8 cm³/mol. The first-order valence-corrected chi connectivity index (χ1v) is 7.62. The van der Waals surface area contributed by atoms with Gasteiger partial charge in [0.05, 0.1) is 0 Å². The number of nitrogens with one attached hydrogen (secondary N) is 1. The lowest BCUT2D eigenvalue weighted by Crippen LogP contribution is -2.29. The van der Waals surface area contributed by atoms with E-state index in [1.807, 2.05) is 0 Å². The van der Waals surface area contributed by atoms with E-state index in [4.69, 9.17) is 0 Å². The number of rotatable bonds is 9. The zero-order valence-electron chi connectivity index (χ0n) is 11.4. The third-order valence-corrected chi connectivity index (χ3v) is 3.90. The largest absolute Gasteiger partial charge is 0.311 e. The van der Waals surface area contributed by atoms with E-state index >= 15 is 0 Å². The molecule has 0 saturated carbocycles. The summed E-state index contributed by atoms with van der Waals surface area (Å²) in [5, 5.41) is 3.82. The number of unbranched alkanes of at least 4 members (excludes halogenated alkanes) is 5. The third-order valence-electron chi connectivity index (χ3n) is 3.90. The van der Waals surface area contributed by atoms with Gasteiger partial charge in [0.15, 0.2) is 0 Å². The van der Waals surface area contributed by atoms with Crippen molar-refractivity contribution in [1.29, 1.82) is 0 Å². The molecule has 0 aromatic rings. The lowest BCUT2D eigenvalue weighted by molar-refractivity contribution is 0.461. The van der Waals surface area contributed by atoms with Crippen molar-refractivity contribution in [3.63, 3.8) is 0 Å². The van der Waals surface area contributed by atoms with Crippen LogP contribution in [-0.4, -0.2) is 12.1 Å².